The molecule has 0 radical (unpaired) electrons. The molecule has 0 bridgehead atoms. The Bertz CT molecular complexity index is 1030. The van der Waals surface area contributed by atoms with Crippen LogP contribution in [0.25, 0.3) is 32.7 Å². The largest absolute Gasteiger partial charge is 0.336 e. The van der Waals surface area contributed by atoms with E-state index in [0.717, 1.165) is 13.1 Å². The van der Waals surface area contributed by atoms with Crippen LogP contribution < -0.4 is 9.80 Å². The van der Waals surface area contributed by atoms with Crippen molar-refractivity contribution in [3.8, 4) is 11.1 Å². The number of nitrogens with one attached hydrogen (secondary N) is 2. The Balaban J connectivity index is 1.84. The summed E-state index contributed by atoms with van der Waals surface area (Å²) in [6.45, 7) is 2.07. The maximum atomic E-state index is 2.37. The van der Waals surface area contributed by atoms with E-state index in [-0.39, 0.29) is 0 Å². The van der Waals surface area contributed by atoms with Crippen molar-refractivity contribution in [3.05, 3.63) is 83.9 Å². The summed E-state index contributed by atoms with van der Waals surface area (Å²) in [4.78, 5) is 2.89. The monoisotopic (exact) mass is 370 g/mol. The van der Waals surface area contributed by atoms with Gasteiger partial charge >= 0.3 is 0 Å². The van der Waals surface area contributed by atoms with Gasteiger partial charge in [0.05, 0.1) is 28.2 Å². The van der Waals surface area contributed by atoms with Gasteiger partial charge in [-0.2, -0.15) is 0 Å². The molecule has 4 aromatic carbocycles. The third kappa shape index (κ3) is 3.80. The van der Waals surface area contributed by atoms with Crippen molar-refractivity contribution in [3.63, 3.8) is 0 Å². The lowest BCUT2D eigenvalue weighted by Gasteiger charge is -2.13. The van der Waals surface area contributed by atoms with E-state index >= 15 is 0 Å². The van der Waals surface area contributed by atoms with Crippen LogP contribution >= 0.6 is 0 Å². The van der Waals surface area contributed by atoms with Gasteiger partial charge in [-0.3, -0.25) is 0 Å². The van der Waals surface area contributed by atoms with E-state index in [1.54, 1.807) is 0 Å². The van der Waals surface area contributed by atoms with Crippen molar-refractivity contribution in [2.24, 2.45) is 0 Å². The molecule has 0 aliphatic heterocycles. The minimum atomic E-state index is 1.04. The summed E-state index contributed by atoms with van der Waals surface area (Å²) < 4.78 is 0. The Hall–Kier alpha value is -2.68. The van der Waals surface area contributed by atoms with Crippen LogP contribution in [0.15, 0.2) is 72.8 Å². The Morgan fingerprint density at radius 2 is 0.964 bits per heavy atom. The predicted octanol–water partition coefficient (Wildman–Crippen LogP) is 2.95. The van der Waals surface area contributed by atoms with Gasteiger partial charge in [-0.1, -0.05) is 60.7 Å². The summed E-state index contributed by atoms with van der Waals surface area (Å²) in [5, 5.41) is 5.38. The van der Waals surface area contributed by atoms with Crippen molar-refractivity contribution in [1.82, 2.24) is 0 Å². The predicted molar refractivity (Wildman–Crippen MR) is 120 cm³/mol. The average molecular weight is 371 g/mol. The minimum absolute atomic E-state index is 1.04. The molecule has 2 N–H and O–H groups in total. The molecular formula is C26H30N2+2. The van der Waals surface area contributed by atoms with Gasteiger partial charge in [0.1, 0.15) is 13.1 Å². The van der Waals surface area contributed by atoms with Crippen LogP contribution in [0.4, 0.5) is 0 Å². The van der Waals surface area contributed by atoms with E-state index < -0.39 is 0 Å². The Morgan fingerprint density at radius 3 is 1.36 bits per heavy atom. The maximum Gasteiger partial charge on any atom is 0.103 e. The second-order valence-corrected chi connectivity index (χ2v) is 8.47. The molecule has 0 fully saturated rings. The molecule has 0 unspecified atom stereocenters. The molecule has 0 aliphatic carbocycles. The number of fused-ring (bicyclic) bond motifs is 2. The van der Waals surface area contributed by atoms with Gasteiger partial charge in [0.2, 0.25) is 0 Å². The summed E-state index contributed by atoms with van der Waals surface area (Å²) in [7, 11) is 8.83. The highest BCUT2D eigenvalue weighted by Gasteiger charge is 2.09. The Labute approximate surface area is 168 Å². The first kappa shape index (κ1) is 18.7. The van der Waals surface area contributed by atoms with Gasteiger partial charge < -0.3 is 9.80 Å². The molecule has 142 valence electrons. The normalized spacial score (nSPS) is 11.8. The van der Waals surface area contributed by atoms with Crippen LogP contribution in [0.5, 0.6) is 0 Å². The van der Waals surface area contributed by atoms with E-state index in [9.17, 15) is 0 Å². The zero-order valence-corrected chi connectivity index (χ0v) is 17.3. The second-order valence-electron chi connectivity index (χ2n) is 8.47. The quantitative estimate of drug-likeness (QED) is 0.535. The van der Waals surface area contributed by atoms with E-state index in [0.29, 0.717) is 0 Å². The Kier molecular flexibility index (Phi) is 5.17. The average Bonchev–Trinajstić information content (AvgIpc) is 2.67. The smallest absolute Gasteiger partial charge is 0.103 e. The van der Waals surface area contributed by atoms with Crippen LogP contribution in [-0.4, -0.2) is 28.2 Å². The lowest BCUT2D eigenvalue weighted by atomic mass is 9.95. The molecule has 0 saturated carbocycles. The highest BCUT2D eigenvalue weighted by atomic mass is 15.1. The summed E-state index contributed by atoms with van der Waals surface area (Å²) in [6, 6.07) is 27.1. The maximum absolute atomic E-state index is 2.37. The zero-order valence-electron chi connectivity index (χ0n) is 17.3. The Morgan fingerprint density at radius 1 is 0.536 bits per heavy atom. The molecule has 0 heterocycles. The molecule has 0 aromatic heterocycles. The molecule has 0 aliphatic rings. The fourth-order valence-corrected chi connectivity index (χ4v) is 4.10. The fraction of sp³-hybridized carbons (Fsp3) is 0.231. The molecule has 0 atom stereocenters. The number of hydrogen-bond donors (Lipinski definition) is 2. The van der Waals surface area contributed by atoms with Crippen LogP contribution in [0, 0.1) is 0 Å². The third-order valence-electron chi connectivity index (χ3n) is 5.37. The van der Waals surface area contributed by atoms with Crippen molar-refractivity contribution in [2.75, 3.05) is 28.2 Å². The minimum Gasteiger partial charge on any atom is -0.336 e. The highest BCUT2D eigenvalue weighted by molar-refractivity contribution is 5.93. The summed E-state index contributed by atoms with van der Waals surface area (Å²) in [5.41, 5.74) is 5.42. The van der Waals surface area contributed by atoms with Gasteiger partial charge in [-0.05, 0) is 44.8 Å². The van der Waals surface area contributed by atoms with Gasteiger partial charge in [0.25, 0.3) is 0 Å². The lowest BCUT2D eigenvalue weighted by molar-refractivity contribution is -0.872. The molecule has 2 heteroatoms. The number of rotatable bonds is 5. The molecule has 0 saturated heterocycles. The van der Waals surface area contributed by atoms with Crippen LogP contribution in [0.1, 0.15) is 11.1 Å². The zero-order chi connectivity index (χ0) is 19.7. The first-order valence-electron chi connectivity index (χ1n) is 10.1. The van der Waals surface area contributed by atoms with Gasteiger partial charge in [0.15, 0.2) is 0 Å². The molecule has 2 nitrogen and oxygen atoms in total. The highest BCUT2D eigenvalue weighted by Crippen LogP contribution is 2.30. The topological polar surface area (TPSA) is 8.88 Å². The van der Waals surface area contributed by atoms with Crippen molar-refractivity contribution < 1.29 is 9.80 Å². The number of benzene rings is 4. The van der Waals surface area contributed by atoms with Crippen molar-refractivity contribution >= 4 is 21.5 Å². The number of hydrogen-bond acceptors (Lipinski definition) is 0. The number of quaternary nitrogens is 2. The van der Waals surface area contributed by atoms with Crippen LogP contribution in [0.2, 0.25) is 0 Å². The van der Waals surface area contributed by atoms with E-state index in [1.165, 1.54) is 53.6 Å². The second kappa shape index (κ2) is 7.75. The summed E-state index contributed by atoms with van der Waals surface area (Å²) >= 11 is 0. The molecule has 4 rings (SSSR count). The first-order chi connectivity index (χ1) is 13.5. The SMILES string of the molecule is C[NH+](C)Cc1cccc2ccc(-c3ccc4cccc(C[NH+](C)C)c4c3)cc12. The van der Waals surface area contributed by atoms with Crippen LogP contribution in [0.3, 0.4) is 0 Å². The standard InChI is InChI=1S/C26H28N2/c1-27(2)17-23-9-5-7-19-11-13-21(15-25(19)23)22-14-12-20-8-6-10-24(18-28(3)4)26(20)16-22/h5-16H,17-18H2,1-4H3/p+2. The van der Waals surface area contributed by atoms with E-state index in [2.05, 4.69) is 101 Å². The molecule has 0 amide bonds. The molecular weight excluding hydrogens is 340 g/mol. The summed E-state index contributed by atoms with van der Waals surface area (Å²) in [5.74, 6) is 0. The molecule has 28 heavy (non-hydrogen) atoms. The van der Waals surface area contributed by atoms with Crippen molar-refractivity contribution in [1.29, 1.82) is 0 Å². The van der Waals surface area contributed by atoms with Gasteiger partial charge in [-0.25, -0.2) is 0 Å². The fourth-order valence-electron chi connectivity index (χ4n) is 4.10. The third-order valence-corrected chi connectivity index (χ3v) is 5.37. The van der Waals surface area contributed by atoms with E-state index in [1.807, 2.05) is 0 Å². The molecule has 0 spiro atoms. The van der Waals surface area contributed by atoms with Crippen molar-refractivity contribution in [2.45, 2.75) is 13.1 Å². The van der Waals surface area contributed by atoms with E-state index in [4.69, 9.17) is 0 Å². The lowest BCUT2D eigenvalue weighted by Crippen LogP contribution is -3.04. The van der Waals surface area contributed by atoms with Gasteiger partial charge in [-0.15, -0.1) is 0 Å². The summed E-state index contributed by atoms with van der Waals surface area (Å²) in [6.07, 6.45) is 0. The van der Waals surface area contributed by atoms with Gasteiger partial charge in [0, 0.05) is 11.1 Å². The molecule has 4 aromatic rings. The first-order valence-corrected chi connectivity index (χ1v) is 10.1. The van der Waals surface area contributed by atoms with Crippen LogP contribution in [-0.2, 0) is 13.1 Å².